The van der Waals surface area contributed by atoms with E-state index in [4.69, 9.17) is 9.47 Å². The molecule has 2 fully saturated rings. The van der Waals surface area contributed by atoms with Gasteiger partial charge in [-0.25, -0.2) is 4.68 Å². The molecule has 0 N–H and O–H groups in total. The summed E-state index contributed by atoms with van der Waals surface area (Å²) in [4.78, 5) is 16.5. The largest absolute Gasteiger partial charge is 0.379 e. The minimum absolute atomic E-state index is 0.175. The van der Waals surface area contributed by atoms with E-state index in [9.17, 15) is 4.79 Å². The van der Waals surface area contributed by atoms with Crippen LogP contribution in [0.5, 0.6) is 0 Å². The van der Waals surface area contributed by atoms with Crippen molar-refractivity contribution >= 4 is 5.91 Å². The summed E-state index contributed by atoms with van der Waals surface area (Å²) in [7, 11) is 1.88. The number of aromatic nitrogens is 4. The molecule has 152 valence electrons. The zero-order chi connectivity index (χ0) is 18.9. The van der Waals surface area contributed by atoms with E-state index in [1.807, 2.05) is 16.6 Å². The van der Waals surface area contributed by atoms with Crippen molar-refractivity contribution in [2.45, 2.75) is 57.7 Å². The van der Waals surface area contributed by atoms with E-state index >= 15 is 0 Å². The van der Waals surface area contributed by atoms with Crippen LogP contribution in [0.15, 0.2) is 0 Å². The van der Waals surface area contributed by atoms with Gasteiger partial charge in [0.05, 0.1) is 25.9 Å². The standard InChI is InChI=1S/C18H32N6O3/c1-22(9-7-16-5-2-3-12-27-16)18(25)6-4-8-24-17(19-20-21-24)15-23-10-13-26-14-11-23/h16H,2-15H2,1H3. The molecule has 1 aromatic rings. The Kier molecular flexibility index (Phi) is 7.97. The zero-order valence-corrected chi connectivity index (χ0v) is 16.4. The van der Waals surface area contributed by atoms with Crippen LogP contribution in [-0.4, -0.2) is 88.5 Å². The van der Waals surface area contributed by atoms with Crippen molar-refractivity contribution < 1.29 is 14.3 Å². The molecule has 0 aromatic carbocycles. The van der Waals surface area contributed by atoms with Gasteiger partial charge in [-0.1, -0.05) is 0 Å². The van der Waals surface area contributed by atoms with Crippen LogP contribution >= 0.6 is 0 Å². The fourth-order valence-corrected chi connectivity index (χ4v) is 3.54. The van der Waals surface area contributed by atoms with Crippen LogP contribution in [0.2, 0.25) is 0 Å². The molecule has 27 heavy (non-hydrogen) atoms. The summed E-state index contributed by atoms with van der Waals surface area (Å²) in [6, 6.07) is 0. The van der Waals surface area contributed by atoms with Gasteiger partial charge in [0.25, 0.3) is 0 Å². The molecule has 2 aliphatic rings. The highest BCUT2D eigenvalue weighted by Crippen LogP contribution is 2.16. The van der Waals surface area contributed by atoms with Crippen molar-refractivity contribution in [3.8, 4) is 0 Å². The molecule has 2 aliphatic heterocycles. The highest BCUT2D eigenvalue weighted by molar-refractivity contribution is 5.75. The van der Waals surface area contributed by atoms with Crippen molar-refractivity contribution in [1.82, 2.24) is 30.0 Å². The molecule has 3 rings (SSSR count). The quantitative estimate of drug-likeness (QED) is 0.623. The number of hydrogen-bond donors (Lipinski definition) is 0. The normalized spacial score (nSPS) is 21.3. The smallest absolute Gasteiger partial charge is 0.222 e. The number of hydrogen-bond acceptors (Lipinski definition) is 7. The number of carbonyl (C=O) groups excluding carboxylic acids is 1. The second-order valence-electron chi connectivity index (χ2n) is 7.40. The number of tetrazole rings is 1. The Labute approximate surface area is 161 Å². The maximum Gasteiger partial charge on any atom is 0.222 e. The number of ether oxygens (including phenoxy) is 2. The van der Waals surface area contributed by atoms with Crippen LogP contribution in [0, 0.1) is 0 Å². The lowest BCUT2D eigenvalue weighted by molar-refractivity contribution is -0.130. The maximum atomic E-state index is 12.3. The summed E-state index contributed by atoms with van der Waals surface area (Å²) in [6.07, 6.45) is 6.02. The molecule has 0 radical (unpaired) electrons. The Balaban J connectivity index is 1.35. The third-order valence-electron chi connectivity index (χ3n) is 5.32. The van der Waals surface area contributed by atoms with Crippen molar-refractivity contribution in [1.29, 1.82) is 0 Å². The lowest BCUT2D eigenvalue weighted by Gasteiger charge is -2.26. The molecule has 2 saturated heterocycles. The Hall–Kier alpha value is -1.58. The molecule has 1 atom stereocenters. The summed E-state index contributed by atoms with van der Waals surface area (Å²) >= 11 is 0. The highest BCUT2D eigenvalue weighted by Gasteiger charge is 2.17. The molecule has 1 amide bonds. The van der Waals surface area contributed by atoms with E-state index < -0.39 is 0 Å². The van der Waals surface area contributed by atoms with Crippen LogP contribution in [0.1, 0.15) is 44.3 Å². The molecule has 1 aromatic heterocycles. The summed E-state index contributed by atoms with van der Waals surface area (Å²) < 4.78 is 12.9. The van der Waals surface area contributed by atoms with Gasteiger partial charge in [0, 0.05) is 46.3 Å². The molecule has 0 spiro atoms. The van der Waals surface area contributed by atoms with Crippen molar-refractivity contribution in [3.05, 3.63) is 5.82 Å². The number of aryl methyl sites for hydroxylation is 1. The summed E-state index contributed by atoms with van der Waals surface area (Å²) in [5, 5.41) is 12.0. The minimum atomic E-state index is 0.175. The summed E-state index contributed by atoms with van der Waals surface area (Å²) in [5.41, 5.74) is 0. The third-order valence-corrected chi connectivity index (χ3v) is 5.32. The Morgan fingerprint density at radius 2 is 2.11 bits per heavy atom. The first-order chi connectivity index (χ1) is 13.2. The second kappa shape index (κ2) is 10.7. The topological polar surface area (TPSA) is 85.6 Å². The molecule has 0 bridgehead atoms. The van der Waals surface area contributed by atoms with Gasteiger partial charge in [0.15, 0.2) is 5.82 Å². The van der Waals surface area contributed by atoms with Gasteiger partial charge in [-0.05, 0) is 42.5 Å². The summed E-state index contributed by atoms with van der Waals surface area (Å²) in [6.45, 7) is 6.34. The third kappa shape index (κ3) is 6.51. The predicted molar refractivity (Wildman–Crippen MR) is 99.0 cm³/mol. The first-order valence-electron chi connectivity index (χ1n) is 10.1. The zero-order valence-electron chi connectivity index (χ0n) is 16.4. The molecule has 0 aliphatic carbocycles. The molecular weight excluding hydrogens is 348 g/mol. The predicted octanol–water partition coefficient (Wildman–Crippen LogP) is 0.703. The van der Waals surface area contributed by atoms with Crippen LogP contribution in [0.3, 0.4) is 0 Å². The highest BCUT2D eigenvalue weighted by atomic mass is 16.5. The minimum Gasteiger partial charge on any atom is -0.379 e. The fraction of sp³-hybridized carbons (Fsp3) is 0.889. The van der Waals surface area contributed by atoms with Gasteiger partial charge in [-0.3, -0.25) is 9.69 Å². The Bertz CT molecular complexity index is 569. The van der Waals surface area contributed by atoms with Crippen molar-refractivity contribution in [2.24, 2.45) is 0 Å². The maximum absolute atomic E-state index is 12.3. The van der Waals surface area contributed by atoms with Gasteiger partial charge >= 0.3 is 0 Å². The first kappa shape index (κ1) is 20.2. The van der Waals surface area contributed by atoms with Gasteiger partial charge in [0.2, 0.25) is 5.91 Å². The number of nitrogens with zero attached hydrogens (tertiary/aromatic N) is 6. The SMILES string of the molecule is CN(CCC1CCCCO1)C(=O)CCCn1nnnc1CN1CCOCC1. The molecule has 9 nitrogen and oxygen atoms in total. The van der Waals surface area contributed by atoms with Gasteiger partial charge in [0.1, 0.15) is 0 Å². The number of carbonyl (C=O) groups is 1. The molecule has 3 heterocycles. The van der Waals surface area contributed by atoms with Crippen molar-refractivity contribution in [3.63, 3.8) is 0 Å². The first-order valence-corrected chi connectivity index (χ1v) is 10.1. The average molecular weight is 380 g/mol. The fourth-order valence-electron chi connectivity index (χ4n) is 3.54. The number of rotatable bonds is 9. The van der Waals surface area contributed by atoms with E-state index in [0.29, 0.717) is 19.1 Å². The molecule has 9 heteroatoms. The van der Waals surface area contributed by atoms with Crippen LogP contribution in [-0.2, 0) is 27.4 Å². The lowest BCUT2D eigenvalue weighted by atomic mass is 10.1. The Morgan fingerprint density at radius 3 is 2.89 bits per heavy atom. The average Bonchev–Trinajstić information content (AvgIpc) is 3.14. The number of morpholine rings is 1. The van der Waals surface area contributed by atoms with E-state index in [2.05, 4.69) is 20.4 Å². The van der Waals surface area contributed by atoms with Gasteiger partial charge in [-0.2, -0.15) is 0 Å². The second-order valence-corrected chi connectivity index (χ2v) is 7.40. The van der Waals surface area contributed by atoms with Crippen LogP contribution < -0.4 is 0 Å². The summed E-state index contributed by atoms with van der Waals surface area (Å²) in [5.74, 6) is 1.03. The van der Waals surface area contributed by atoms with E-state index in [-0.39, 0.29) is 5.91 Å². The van der Waals surface area contributed by atoms with Crippen molar-refractivity contribution in [2.75, 3.05) is 46.5 Å². The number of amides is 1. The van der Waals surface area contributed by atoms with Gasteiger partial charge < -0.3 is 14.4 Å². The van der Waals surface area contributed by atoms with Crippen LogP contribution in [0.25, 0.3) is 0 Å². The van der Waals surface area contributed by atoms with Crippen LogP contribution in [0.4, 0.5) is 0 Å². The van der Waals surface area contributed by atoms with Gasteiger partial charge in [-0.15, -0.1) is 5.10 Å². The van der Waals surface area contributed by atoms with E-state index in [1.54, 1.807) is 0 Å². The Morgan fingerprint density at radius 1 is 1.26 bits per heavy atom. The molecule has 0 saturated carbocycles. The monoisotopic (exact) mass is 380 g/mol. The van der Waals surface area contributed by atoms with E-state index in [0.717, 1.165) is 77.5 Å². The molecule has 1 unspecified atom stereocenters. The molecular formula is C18H32N6O3. The van der Waals surface area contributed by atoms with E-state index in [1.165, 1.54) is 6.42 Å². The lowest BCUT2D eigenvalue weighted by Crippen LogP contribution is -2.36.